The Morgan fingerprint density at radius 2 is 1.43 bits per heavy atom. The van der Waals surface area contributed by atoms with Gasteiger partial charge in [0, 0.05) is 5.69 Å². The first-order valence-electron chi connectivity index (χ1n) is 8.55. The highest BCUT2D eigenvalue weighted by atomic mass is 32.2. The predicted octanol–water partition coefficient (Wildman–Crippen LogP) is 4.06. The fraction of sp³-hybridized carbons (Fsp3) is 0.0952. The van der Waals surface area contributed by atoms with Crippen LogP contribution in [0.4, 0.5) is 11.4 Å². The van der Waals surface area contributed by atoms with Crippen LogP contribution in [-0.4, -0.2) is 19.4 Å². The molecule has 0 aliphatic rings. The molecule has 0 atom stereocenters. The molecule has 1 amide bonds. The monoisotopic (exact) mass is 396 g/mol. The van der Waals surface area contributed by atoms with Crippen molar-refractivity contribution < 1.29 is 18.3 Å². The molecule has 3 rings (SSSR count). The number of benzene rings is 3. The third kappa shape index (κ3) is 4.50. The van der Waals surface area contributed by atoms with Gasteiger partial charge in [0.05, 0.1) is 16.1 Å². The molecule has 3 aromatic carbocycles. The molecule has 0 aliphatic carbocycles. The van der Waals surface area contributed by atoms with E-state index in [1.807, 2.05) is 26.0 Å². The number of phenols is 1. The number of phenolic OH excluding ortho intramolecular Hbond substituents is 1. The van der Waals surface area contributed by atoms with Gasteiger partial charge in [0.1, 0.15) is 5.75 Å². The van der Waals surface area contributed by atoms with Gasteiger partial charge in [-0.05, 0) is 56.3 Å². The van der Waals surface area contributed by atoms with Crippen molar-refractivity contribution in [3.05, 3.63) is 83.4 Å². The number of carbonyl (C=O) groups excluding carboxylic acids is 1. The summed E-state index contributed by atoms with van der Waals surface area (Å²) < 4.78 is 27.8. The van der Waals surface area contributed by atoms with E-state index in [4.69, 9.17) is 0 Å². The molecule has 0 aromatic heterocycles. The van der Waals surface area contributed by atoms with Gasteiger partial charge in [-0.3, -0.25) is 9.52 Å². The Labute approximate surface area is 163 Å². The molecule has 144 valence electrons. The molecule has 0 radical (unpaired) electrons. The number of aryl methyl sites for hydroxylation is 2. The van der Waals surface area contributed by atoms with Crippen LogP contribution < -0.4 is 10.0 Å². The van der Waals surface area contributed by atoms with Gasteiger partial charge in [0.2, 0.25) is 0 Å². The Kier molecular flexibility index (Phi) is 5.37. The highest BCUT2D eigenvalue weighted by molar-refractivity contribution is 7.92. The van der Waals surface area contributed by atoms with E-state index in [0.29, 0.717) is 5.69 Å². The van der Waals surface area contributed by atoms with Crippen molar-refractivity contribution in [2.45, 2.75) is 18.7 Å². The number of carbonyl (C=O) groups is 1. The zero-order chi connectivity index (χ0) is 20.3. The molecular formula is C21H20N2O4S. The number of sulfonamides is 1. The van der Waals surface area contributed by atoms with E-state index in [1.54, 1.807) is 24.3 Å². The van der Waals surface area contributed by atoms with E-state index in [9.17, 15) is 18.3 Å². The van der Waals surface area contributed by atoms with Gasteiger partial charge < -0.3 is 10.4 Å². The molecule has 0 spiro atoms. The van der Waals surface area contributed by atoms with Crippen LogP contribution in [-0.2, 0) is 10.0 Å². The Bertz CT molecular complexity index is 1110. The van der Waals surface area contributed by atoms with Gasteiger partial charge in [0.25, 0.3) is 15.9 Å². The van der Waals surface area contributed by atoms with Crippen molar-refractivity contribution in [3.8, 4) is 5.75 Å². The van der Waals surface area contributed by atoms with E-state index < -0.39 is 15.9 Å². The lowest BCUT2D eigenvalue weighted by molar-refractivity contribution is 0.102. The Morgan fingerprint density at radius 1 is 0.857 bits per heavy atom. The minimum atomic E-state index is -3.89. The third-order valence-corrected chi connectivity index (χ3v) is 5.51. The zero-order valence-electron chi connectivity index (χ0n) is 15.4. The summed E-state index contributed by atoms with van der Waals surface area (Å²) in [7, 11) is -3.89. The van der Waals surface area contributed by atoms with Crippen LogP contribution >= 0.6 is 0 Å². The molecule has 6 nitrogen and oxygen atoms in total. The van der Waals surface area contributed by atoms with Crippen LogP contribution in [0.5, 0.6) is 5.75 Å². The van der Waals surface area contributed by atoms with E-state index >= 15 is 0 Å². The molecule has 0 unspecified atom stereocenters. The molecular weight excluding hydrogens is 376 g/mol. The van der Waals surface area contributed by atoms with Crippen molar-refractivity contribution in [1.29, 1.82) is 0 Å². The van der Waals surface area contributed by atoms with Gasteiger partial charge >= 0.3 is 0 Å². The lowest BCUT2D eigenvalue weighted by Crippen LogP contribution is -2.18. The Balaban J connectivity index is 1.91. The van der Waals surface area contributed by atoms with E-state index in [2.05, 4.69) is 10.0 Å². The summed E-state index contributed by atoms with van der Waals surface area (Å²) in [4.78, 5) is 12.8. The fourth-order valence-corrected chi connectivity index (χ4v) is 3.65. The van der Waals surface area contributed by atoms with Crippen molar-refractivity contribution in [2.75, 3.05) is 10.0 Å². The third-order valence-electron chi connectivity index (χ3n) is 4.13. The number of nitrogens with one attached hydrogen (secondary N) is 2. The maximum Gasteiger partial charge on any atom is 0.261 e. The van der Waals surface area contributed by atoms with Crippen LogP contribution in [0.1, 0.15) is 21.5 Å². The van der Waals surface area contributed by atoms with Crippen LogP contribution in [0, 0.1) is 13.8 Å². The summed E-state index contributed by atoms with van der Waals surface area (Å²) in [6, 6.07) is 17.4. The minimum Gasteiger partial charge on any atom is -0.508 e. The lowest BCUT2D eigenvalue weighted by atomic mass is 10.1. The summed E-state index contributed by atoms with van der Waals surface area (Å²) in [5.41, 5.74) is 2.62. The normalized spacial score (nSPS) is 11.1. The Morgan fingerprint density at radius 3 is 2.04 bits per heavy atom. The maximum atomic E-state index is 12.7. The molecule has 0 fully saturated rings. The number of hydrogen-bond donors (Lipinski definition) is 3. The van der Waals surface area contributed by atoms with Crippen LogP contribution in [0.2, 0.25) is 0 Å². The molecule has 3 N–H and O–H groups in total. The molecule has 0 heterocycles. The summed E-state index contributed by atoms with van der Waals surface area (Å²) >= 11 is 0. The molecule has 0 aliphatic heterocycles. The molecule has 0 bridgehead atoms. The van der Waals surface area contributed by atoms with Gasteiger partial charge in [-0.15, -0.1) is 0 Å². The van der Waals surface area contributed by atoms with Crippen LogP contribution in [0.3, 0.4) is 0 Å². The van der Waals surface area contributed by atoms with Crippen molar-refractivity contribution in [1.82, 2.24) is 0 Å². The molecule has 7 heteroatoms. The number of hydrogen-bond acceptors (Lipinski definition) is 4. The standard InChI is InChI=1S/C21H20N2O4S/c1-14-3-7-16(8-4-14)22-21(25)19-13-17(24)9-12-20(19)23-28(26,27)18-10-5-15(2)6-11-18/h3-13,23-24H,1-2H3,(H,22,25). The quantitative estimate of drug-likeness (QED) is 0.567. The first-order valence-corrected chi connectivity index (χ1v) is 10.0. The summed E-state index contributed by atoms with van der Waals surface area (Å²) in [5.74, 6) is -0.686. The summed E-state index contributed by atoms with van der Waals surface area (Å²) in [6.07, 6.45) is 0. The highest BCUT2D eigenvalue weighted by Crippen LogP contribution is 2.25. The molecule has 0 saturated heterocycles. The minimum absolute atomic E-state index is 0.0104. The predicted molar refractivity (Wildman–Crippen MR) is 109 cm³/mol. The SMILES string of the molecule is Cc1ccc(NC(=O)c2cc(O)ccc2NS(=O)(=O)c2ccc(C)cc2)cc1. The van der Waals surface area contributed by atoms with Gasteiger partial charge in [-0.25, -0.2) is 8.42 Å². The number of rotatable bonds is 5. The summed E-state index contributed by atoms with van der Waals surface area (Å²) in [6.45, 7) is 3.79. The van der Waals surface area contributed by atoms with Crippen molar-refractivity contribution >= 4 is 27.3 Å². The van der Waals surface area contributed by atoms with Crippen molar-refractivity contribution in [3.63, 3.8) is 0 Å². The van der Waals surface area contributed by atoms with Crippen LogP contribution in [0.25, 0.3) is 0 Å². The molecule has 3 aromatic rings. The fourth-order valence-electron chi connectivity index (χ4n) is 2.57. The van der Waals surface area contributed by atoms with Crippen molar-refractivity contribution in [2.24, 2.45) is 0 Å². The highest BCUT2D eigenvalue weighted by Gasteiger charge is 2.19. The topological polar surface area (TPSA) is 95.5 Å². The largest absolute Gasteiger partial charge is 0.508 e. The lowest BCUT2D eigenvalue weighted by Gasteiger charge is -2.13. The summed E-state index contributed by atoms with van der Waals surface area (Å²) in [5, 5.41) is 12.5. The first kappa shape index (κ1) is 19.4. The average molecular weight is 396 g/mol. The number of aromatic hydroxyl groups is 1. The zero-order valence-corrected chi connectivity index (χ0v) is 16.2. The van der Waals surface area contributed by atoms with Gasteiger partial charge in [-0.1, -0.05) is 35.4 Å². The van der Waals surface area contributed by atoms with E-state index in [1.165, 1.54) is 30.3 Å². The smallest absolute Gasteiger partial charge is 0.261 e. The van der Waals surface area contributed by atoms with E-state index in [-0.39, 0.29) is 21.9 Å². The second kappa shape index (κ2) is 7.74. The second-order valence-electron chi connectivity index (χ2n) is 6.47. The maximum absolute atomic E-state index is 12.7. The van der Waals surface area contributed by atoms with Gasteiger partial charge in [0.15, 0.2) is 0 Å². The van der Waals surface area contributed by atoms with Gasteiger partial charge in [-0.2, -0.15) is 0 Å². The second-order valence-corrected chi connectivity index (χ2v) is 8.15. The molecule has 28 heavy (non-hydrogen) atoms. The number of amides is 1. The average Bonchev–Trinajstić information content (AvgIpc) is 2.65. The number of anilines is 2. The first-order chi connectivity index (χ1) is 13.2. The van der Waals surface area contributed by atoms with E-state index in [0.717, 1.165) is 11.1 Å². The molecule has 0 saturated carbocycles. The Hall–Kier alpha value is -3.32. The van der Waals surface area contributed by atoms with Crippen LogP contribution in [0.15, 0.2) is 71.6 Å².